The van der Waals surface area contributed by atoms with Crippen molar-refractivity contribution in [3.63, 3.8) is 0 Å². The number of halogens is 3. The fourth-order valence-corrected chi connectivity index (χ4v) is 5.89. The van der Waals surface area contributed by atoms with Crippen molar-refractivity contribution in [3.8, 4) is 0 Å². The Labute approximate surface area is 203 Å². The van der Waals surface area contributed by atoms with Gasteiger partial charge in [0.2, 0.25) is 9.70 Å². The van der Waals surface area contributed by atoms with Crippen molar-refractivity contribution in [3.05, 3.63) is 36.5 Å². The van der Waals surface area contributed by atoms with Crippen LogP contribution < -0.4 is 4.90 Å². The number of hydrogen-bond acceptors (Lipinski definition) is 7. The Hall–Kier alpha value is -1.50. The molecule has 0 saturated carbocycles. The Morgan fingerprint density at radius 2 is 1.94 bits per heavy atom. The monoisotopic (exact) mass is 542 g/mol. The number of rotatable bonds is 5. The zero-order valence-electron chi connectivity index (χ0n) is 16.6. The maximum Gasteiger partial charge on any atom is 0.328 e. The van der Waals surface area contributed by atoms with E-state index in [1.54, 1.807) is 0 Å². The molecule has 0 radical (unpaired) electrons. The Bertz CT molecular complexity index is 1120. The fourth-order valence-electron chi connectivity index (χ4n) is 3.47. The topological polar surface area (TPSA) is 121 Å². The maximum absolute atomic E-state index is 13.0. The molecule has 174 valence electrons. The van der Waals surface area contributed by atoms with Gasteiger partial charge in [-0.3, -0.25) is 28.7 Å². The molecule has 2 fully saturated rings. The van der Waals surface area contributed by atoms with Gasteiger partial charge >= 0.3 is 5.97 Å². The number of thioether (sulfide) groups is 1. The molecule has 2 saturated heterocycles. The number of alkyl halides is 3. The first kappa shape index (κ1) is 25.1. The van der Waals surface area contributed by atoms with Gasteiger partial charge in [0.25, 0.3) is 16.0 Å². The van der Waals surface area contributed by atoms with E-state index in [0.717, 1.165) is 29.7 Å². The fraction of sp³-hybridized carbons (Fsp3) is 0.389. The summed E-state index contributed by atoms with van der Waals surface area (Å²) in [6, 6.07) is 4.08. The zero-order valence-corrected chi connectivity index (χ0v) is 20.5. The number of carbonyl (C=O) groups excluding carboxylic acids is 3. The van der Waals surface area contributed by atoms with Gasteiger partial charge in [0, 0.05) is 12.6 Å². The van der Waals surface area contributed by atoms with Gasteiger partial charge in [-0.05, 0) is 19.1 Å². The van der Waals surface area contributed by atoms with Gasteiger partial charge in [0.05, 0.1) is 5.69 Å². The van der Waals surface area contributed by atoms with Crippen LogP contribution in [0.15, 0.2) is 41.4 Å². The molecule has 2 aliphatic heterocycles. The largest absolute Gasteiger partial charge is 0.460 e. The highest BCUT2D eigenvalue weighted by atomic mass is 35.6. The minimum absolute atomic E-state index is 0.120. The molecular weight excluding hydrogens is 527 g/mol. The Morgan fingerprint density at radius 1 is 1.34 bits per heavy atom. The first-order valence-electron chi connectivity index (χ1n) is 8.90. The van der Waals surface area contributed by atoms with Gasteiger partial charge in [-0.2, -0.15) is 8.42 Å². The van der Waals surface area contributed by atoms with Crippen molar-refractivity contribution in [1.29, 1.82) is 0 Å². The van der Waals surface area contributed by atoms with Crippen molar-refractivity contribution < 1.29 is 32.1 Å². The van der Waals surface area contributed by atoms with Crippen LogP contribution in [0.5, 0.6) is 0 Å². The summed E-state index contributed by atoms with van der Waals surface area (Å²) in [5, 5.41) is -0.765. The molecule has 1 N–H and O–H groups in total. The number of nitrogens with zero attached hydrogens (tertiary/aromatic N) is 2. The molecule has 2 aliphatic rings. The normalized spacial score (nSPS) is 25.2. The molecule has 2 amide bonds. The number of hydrogen-bond donors (Lipinski definition) is 1. The standard InChI is InChI=1S/C18H17Cl3N2O7S2/c1-9-17(3,16(26)30-8-18(19,20)21)31-15-13(14(25)22(9)15)23(10(2)24)11-6-4-5-7-12(11)32(27,28)29/h4-7,13,15H,1,8H2,2-3H3,(H,27,28,29)/t13?,15-,17?/m1/s1. The van der Waals surface area contributed by atoms with Crippen LogP contribution >= 0.6 is 46.6 Å². The maximum atomic E-state index is 13.0. The summed E-state index contributed by atoms with van der Waals surface area (Å²) < 4.78 is 35.0. The SMILES string of the molecule is C=C1N2C(=O)C(N(C(C)=O)c3ccccc3S(=O)(=O)O)[C@H]2SC1(C)C(=O)OCC(Cl)(Cl)Cl. The number of carbonyl (C=O) groups is 3. The number of benzene rings is 1. The number of anilines is 1. The summed E-state index contributed by atoms with van der Waals surface area (Å²) in [6.45, 7) is 5.93. The van der Waals surface area contributed by atoms with Crippen LogP contribution in [0.4, 0.5) is 5.69 Å². The van der Waals surface area contributed by atoms with E-state index in [1.165, 1.54) is 30.0 Å². The molecule has 1 aromatic rings. The molecule has 3 rings (SSSR count). The molecule has 1 aromatic carbocycles. The smallest absolute Gasteiger partial charge is 0.328 e. The van der Waals surface area contributed by atoms with Crippen LogP contribution in [-0.4, -0.2) is 62.2 Å². The summed E-state index contributed by atoms with van der Waals surface area (Å²) in [5.41, 5.74) is -0.0475. The highest BCUT2D eigenvalue weighted by molar-refractivity contribution is 8.02. The second-order valence-corrected chi connectivity index (χ2v) is 12.6. The van der Waals surface area contributed by atoms with E-state index in [9.17, 15) is 27.4 Å². The molecule has 3 atom stereocenters. The molecule has 2 unspecified atom stereocenters. The lowest BCUT2D eigenvalue weighted by atomic mass is 9.99. The number of ether oxygens (including phenoxy) is 1. The van der Waals surface area contributed by atoms with Gasteiger partial charge < -0.3 is 4.74 Å². The Morgan fingerprint density at radius 3 is 2.47 bits per heavy atom. The van der Waals surface area contributed by atoms with E-state index in [4.69, 9.17) is 39.5 Å². The summed E-state index contributed by atoms with van der Waals surface area (Å²) >= 11 is 17.9. The quantitative estimate of drug-likeness (QED) is 0.260. The minimum Gasteiger partial charge on any atom is -0.460 e. The zero-order chi connectivity index (χ0) is 24.2. The van der Waals surface area contributed by atoms with E-state index in [-0.39, 0.29) is 11.4 Å². The van der Waals surface area contributed by atoms with E-state index in [1.807, 2.05) is 0 Å². The lowest BCUT2D eigenvalue weighted by Gasteiger charge is -2.46. The van der Waals surface area contributed by atoms with Crippen molar-refractivity contribution in [1.82, 2.24) is 4.90 Å². The second kappa shape index (κ2) is 8.37. The van der Waals surface area contributed by atoms with Crippen molar-refractivity contribution in [2.45, 2.75) is 38.7 Å². The Balaban J connectivity index is 1.95. The number of fused-ring (bicyclic) bond motifs is 1. The van der Waals surface area contributed by atoms with E-state index in [0.29, 0.717) is 0 Å². The lowest BCUT2D eigenvalue weighted by molar-refractivity contribution is -0.146. The Kier molecular flexibility index (Phi) is 6.57. The van der Waals surface area contributed by atoms with Crippen LogP contribution in [0, 0.1) is 0 Å². The van der Waals surface area contributed by atoms with Crippen molar-refractivity contribution >= 4 is 80.2 Å². The van der Waals surface area contributed by atoms with Crippen LogP contribution in [0.2, 0.25) is 0 Å². The van der Waals surface area contributed by atoms with Crippen molar-refractivity contribution in [2.24, 2.45) is 0 Å². The molecule has 9 nitrogen and oxygen atoms in total. The van der Waals surface area contributed by atoms with E-state index < -0.39 is 59.4 Å². The minimum atomic E-state index is -4.69. The molecular formula is C18H17Cl3N2O7S2. The van der Waals surface area contributed by atoms with Crippen LogP contribution in [-0.2, 0) is 29.2 Å². The first-order chi connectivity index (χ1) is 14.6. The highest BCUT2D eigenvalue weighted by Gasteiger charge is 2.65. The third-order valence-corrected chi connectivity index (χ3v) is 7.80. The molecule has 0 aromatic heterocycles. The number of para-hydroxylation sites is 1. The molecule has 0 spiro atoms. The third kappa shape index (κ3) is 4.34. The lowest BCUT2D eigenvalue weighted by Crippen LogP contribution is -2.68. The van der Waals surface area contributed by atoms with E-state index >= 15 is 0 Å². The van der Waals surface area contributed by atoms with Gasteiger partial charge in [-0.25, -0.2) is 0 Å². The van der Waals surface area contributed by atoms with Gasteiger partial charge in [-0.1, -0.05) is 53.5 Å². The summed E-state index contributed by atoms with van der Waals surface area (Å²) in [5.74, 6) is -2.02. The number of amides is 2. The number of β-lactam (4-membered cyclic amide) rings is 1. The molecule has 0 aliphatic carbocycles. The highest BCUT2D eigenvalue weighted by Crippen LogP contribution is 2.55. The first-order valence-corrected chi connectivity index (χ1v) is 12.4. The van der Waals surface area contributed by atoms with Crippen LogP contribution in [0.3, 0.4) is 0 Å². The van der Waals surface area contributed by atoms with E-state index in [2.05, 4.69) is 6.58 Å². The molecule has 32 heavy (non-hydrogen) atoms. The summed E-state index contributed by atoms with van der Waals surface area (Å²) in [4.78, 5) is 39.9. The van der Waals surface area contributed by atoms with Gasteiger partial charge in [-0.15, -0.1) is 11.8 Å². The average molecular weight is 544 g/mol. The van der Waals surface area contributed by atoms with Crippen LogP contribution in [0.1, 0.15) is 13.8 Å². The van der Waals surface area contributed by atoms with Crippen molar-refractivity contribution in [2.75, 3.05) is 11.5 Å². The van der Waals surface area contributed by atoms with Gasteiger partial charge in [0.1, 0.15) is 22.9 Å². The summed E-state index contributed by atoms with van der Waals surface area (Å²) in [6.07, 6.45) is 0. The van der Waals surface area contributed by atoms with Gasteiger partial charge in [0.15, 0.2) is 4.75 Å². The molecule has 2 heterocycles. The second-order valence-electron chi connectivity index (χ2n) is 7.16. The number of esters is 1. The predicted molar refractivity (Wildman–Crippen MR) is 120 cm³/mol. The molecule has 14 heteroatoms. The average Bonchev–Trinajstić information content (AvgIpc) is 2.91. The predicted octanol–water partition coefficient (Wildman–Crippen LogP) is 2.76. The summed E-state index contributed by atoms with van der Waals surface area (Å²) in [7, 11) is -4.69. The third-order valence-electron chi connectivity index (χ3n) is 4.99. The molecule has 0 bridgehead atoms. The van der Waals surface area contributed by atoms with Crippen LogP contribution in [0.25, 0.3) is 0 Å².